The van der Waals surface area contributed by atoms with Gasteiger partial charge < -0.3 is 9.80 Å². The van der Waals surface area contributed by atoms with Crippen molar-refractivity contribution in [2.24, 2.45) is 0 Å². The maximum atomic E-state index is 12.7. The van der Waals surface area contributed by atoms with Gasteiger partial charge in [-0.25, -0.2) is 0 Å². The third kappa shape index (κ3) is 2.58. The molecule has 0 radical (unpaired) electrons. The second kappa shape index (κ2) is 6.00. The van der Waals surface area contributed by atoms with Gasteiger partial charge in [-0.2, -0.15) is 0 Å². The third-order valence-electron chi connectivity index (χ3n) is 5.12. The number of likely N-dealkylation sites (N-methyl/N-ethyl adjacent to an activating group) is 1. The average Bonchev–Trinajstić information content (AvgIpc) is 3.20. The summed E-state index contributed by atoms with van der Waals surface area (Å²) in [5, 5.41) is 0.297. The van der Waals surface area contributed by atoms with Crippen molar-refractivity contribution in [3.63, 3.8) is 0 Å². The highest BCUT2D eigenvalue weighted by molar-refractivity contribution is 7.13. The smallest absolute Gasteiger partial charge is 0.274 e. The van der Waals surface area contributed by atoms with E-state index in [1.165, 1.54) is 11.5 Å². The molecule has 1 atom stereocenters. The number of fused-ring (bicyclic) bond motifs is 2. The van der Waals surface area contributed by atoms with Crippen LogP contribution in [0.25, 0.3) is 15.6 Å². The fraction of sp³-hybridized carbons (Fsp3) is 0.444. The van der Waals surface area contributed by atoms with E-state index >= 15 is 0 Å². The first-order valence-electron chi connectivity index (χ1n) is 8.60. The van der Waals surface area contributed by atoms with E-state index in [0.717, 1.165) is 35.4 Å². The minimum Gasteiger partial charge on any atom is -0.370 e. The molecule has 1 aliphatic rings. The van der Waals surface area contributed by atoms with Crippen molar-refractivity contribution < 1.29 is 0 Å². The molecule has 25 heavy (non-hydrogen) atoms. The summed E-state index contributed by atoms with van der Waals surface area (Å²) < 4.78 is 3.98. The molecule has 0 spiro atoms. The molecular weight excluding hydrogens is 336 g/mol. The number of aryl methyl sites for hydroxylation is 1. The van der Waals surface area contributed by atoms with Crippen LogP contribution in [0, 0.1) is 0 Å². The molecule has 0 aliphatic carbocycles. The van der Waals surface area contributed by atoms with Crippen LogP contribution in [0.1, 0.15) is 13.3 Å². The molecule has 3 aromatic heterocycles. The number of aromatic nitrogens is 2. The first kappa shape index (κ1) is 16.4. The molecule has 0 bridgehead atoms. The number of anilines is 1. The minimum absolute atomic E-state index is 0.181. The average molecular weight is 358 g/mol. The molecule has 1 fully saturated rings. The molecule has 1 unspecified atom stereocenters. The molecule has 6 nitrogen and oxygen atoms in total. The van der Waals surface area contributed by atoms with E-state index in [1.54, 1.807) is 14.6 Å². The predicted octanol–water partition coefficient (Wildman–Crippen LogP) is 1.84. The fourth-order valence-electron chi connectivity index (χ4n) is 3.59. The standard InChI is InChI=1S/C18H22N4O2S/c1-4-22-18(24)16-15(25-22)10-14-9-12(6-8-21(14)17(16)23)20-7-5-13(11-20)19(2)3/h6,8-10,13H,4-5,7,11H2,1-3H3. The van der Waals surface area contributed by atoms with Crippen molar-refractivity contribution in [2.75, 3.05) is 32.1 Å². The van der Waals surface area contributed by atoms with E-state index in [0.29, 0.717) is 18.0 Å². The summed E-state index contributed by atoms with van der Waals surface area (Å²) in [5.41, 5.74) is 1.57. The van der Waals surface area contributed by atoms with Crippen LogP contribution >= 0.6 is 11.5 Å². The van der Waals surface area contributed by atoms with Crippen molar-refractivity contribution in [3.05, 3.63) is 45.1 Å². The number of nitrogens with zero attached hydrogens (tertiary/aromatic N) is 4. The molecule has 1 aliphatic heterocycles. The van der Waals surface area contributed by atoms with E-state index in [1.807, 2.05) is 19.1 Å². The second-order valence-corrected chi connectivity index (χ2v) is 7.88. The zero-order valence-corrected chi connectivity index (χ0v) is 15.5. The van der Waals surface area contributed by atoms with Crippen molar-refractivity contribution in [1.82, 2.24) is 13.3 Å². The Balaban J connectivity index is 1.83. The minimum atomic E-state index is -0.222. The summed E-state index contributed by atoms with van der Waals surface area (Å²) in [7, 11) is 4.23. The van der Waals surface area contributed by atoms with Gasteiger partial charge in [-0.1, -0.05) is 11.5 Å². The molecule has 4 heterocycles. The van der Waals surface area contributed by atoms with Crippen LogP contribution < -0.4 is 16.0 Å². The maximum Gasteiger partial charge on any atom is 0.274 e. The summed E-state index contributed by atoms with van der Waals surface area (Å²) in [6.45, 7) is 4.52. The van der Waals surface area contributed by atoms with Gasteiger partial charge in [0, 0.05) is 37.6 Å². The normalized spacial score (nSPS) is 18.1. The summed E-state index contributed by atoms with van der Waals surface area (Å²) in [5.74, 6) is 0. The zero-order chi connectivity index (χ0) is 17.7. The van der Waals surface area contributed by atoms with Gasteiger partial charge in [0.05, 0.1) is 10.2 Å². The van der Waals surface area contributed by atoms with Gasteiger partial charge in [0.15, 0.2) is 0 Å². The highest BCUT2D eigenvalue weighted by atomic mass is 32.1. The van der Waals surface area contributed by atoms with Gasteiger partial charge in [-0.05, 0) is 45.6 Å². The largest absolute Gasteiger partial charge is 0.370 e. The Morgan fingerprint density at radius 3 is 2.72 bits per heavy atom. The third-order valence-corrected chi connectivity index (χ3v) is 6.28. The monoisotopic (exact) mass is 358 g/mol. The molecule has 0 aromatic carbocycles. The number of rotatable bonds is 3. The van der Waals surface area contributed by atoms with Crippen LogP contribution in [0.2, 0.25) is 0 Å². The van der Waals surface area contributed by atoms with E-state index in [2.05, 4.69) is 30.0 Å². The van der Waals surface area contributed by atoms with Crippen molar-refractivity contribution in [3.8, 4) is 0 Å². The van der Waals surface area contributed by atoms with Crippen LogP contribution in [0.5, 0.6) is 0 Å². The molecular formula is C18H22N4O2S. The topological polar surface area (TPSA) is 50.0 Å². The Labute approximate surface area is 149 Å². The molecule has 7 heteroatoms. The maximum absolute atomic E-state index is 12.7. The molecule has 0 amide bonds. The van der Waals surface area contributed by atoms with Crippen LogP contribution in [0.4, 0.5) is 5.69 Å². The Kier molecular flexibility index (Phi) is 3.92. The lowest BCUT2D eigenvalue weighted by molar-refractivity contribution is 0.315. The number of hydrogen-bond acceptors (Lipinski definition) is 5. The predicted molar refractivity (Wildman–Crippen MR) is 103 cm³/mol. The Bertz CT molecular complexity index is 1060. The van der Waals surface area contributed by atoms with Gasteiger partial charge in [0.1, 0.15) is 5.39 Å². The molecule has 132 valence electrons. The highest BCUT2D eigenvalue weighted by Gasteiger charge is 2.24. The van der Waals surface area contributed by atoms with E-state index in [4.69, 9.17) is 0 Å². The van der Waals surface area contributed by atoms with Gasteiger partial charge in [-0.15, -0.1) is 0 Å². The summed E-state index contributed by atoms with van der Waals surface area (Å²) in [6, 6.07) is 6.55. The summed E-state index contributed by atoms with van der Waals surface area (Å²) in [6.07, 6.45) is 2.94. The first-order valence-corrected chi connectivity index (χ1v) is 9.37. The van der Waals surface area contributed by atoms with Crippen molar-refractivity contribution in [1.29, 1.82) is 0 Å². The van der Waals surface area contributed by atoms with Gasteiger partial charge in [0.25, 0.3) is 11.1 Å². The lowest BCUT2D eigenvalue weighted by Gasteiger charge is -2.22. The Hall–Kier alpha value is -2.12. The molecule has 4 rings (SSSR count). The molecule has 0 saturated carbocycles. The SMILES string of the molecule is CCn1sc2cc3cc(N4CCC(N(C)C)C4)ccn3c(=O)c2c1=O. The van der Waals surface area contributed by atoms with Crippen LogP contribution in [-0.2, 0) is 6.54 Å². The lowest BCUT2D eigenvalue weighted by Crippen LogP contribution is -2.31. The van der Waals surface area contributed by atoms with E-state index in [-0.39, 0.29) is 11.1 Å². The molecule has 0 N–H and O–H groups in total. The zero-order valence-electron chi connectivity index (χ0n) is 14.7. The van der Waals surface area contributed by atoms with Gasteiger partial charge >= 0.3 is 0 Å². The van der Waals surface area contributed by atoms with E-state index < -0.39 is 0 Å². The fourth-order valence-corrected chi connectivity index (χ4v) is 4.57. The number of pyridine rings is 2. The van der Waals surface area contributed by atoms with Crippen molar-refractivity contribution >= 4 is 32.8 Å². The van der Waals surface area contributed by atoms with Gasteiger partial charge in [-0.3, -0.25) is 17.9 Å². The first-order chi connectivity index (χ1) is 12.0. The highest BCUT2D eigenvalue weighted by Crippen LogP contribution is 2.24. The Morgan fingerprint density at radius 1 is 1.24 bits per heavy atom. The summed E-state index contributed by atoms with van der Waals surface area (Å²) in [4.78, 5) is 29.7. The van der Waals surface area contributed by atoms with Crippen LogP contribution in [0.3, 0.4) is 0 Å². The van der Waals surface area contributed by atoms with Crippen LogP contribution in [0.15, 0.2) is 34.0 Å². The van der Waals surface area contributed by atoms with Crippen LogP contribution in [-0.4, -0.2) is 46.5 Å². The number of hydrogen-bond donors (Lipinski definition) is 0. The van der Waals surface area contributed by atoms with E-state index in [9.17, 15) is 9.59 Å². The quantitative estimate of drug-likeness (QED) is 0.717. The summed E-state index contributed by atoms with van der Waals surface area (Å²) >= 11 is 1.37. The molecule has 3 aromatic rings. The molecule has 1 saturated heterocycles. The Morgan fingerprint density at radius 2 is 2.04 bits per heavy atom. The lowest BCUT2D eigenvalue weighted by atomic mass is 10.2. The second-order valence-electron chi connectivity index (χ2n) is 6.81. The van der Waals surface area contributed by atoms with Crippen molar-refractivity contribution in [2.45, 2.75) is 25.9 Å². The van der Waals surface area contributed by atoms with Gasteiger partial charge in [0.2, 0.25) is 0 Å².